The quantitative estimate of drug-likeness (QED) is 0.777. The first-order valence-electron chi connectivity index (χ1n) is 7.13. The Morgan fingerprint density at radius 2 is 2.00 bits per heavy atom. The van der Waals surface area contributed by atoms with Gasteiger partial charge in [0, 0.05) is 0 Å². The Balaban J connectivity index is 1.90. The summed E-state index contributed by atoms with van der Waals surface area (Å²) in [4.78, 5) is 3.98. The molecule has 126 valence electrons. The molecule has 3 N–H and O–H groups in total. The van der Waals surface area contributed by atoms with Crippen molar-refractivity contribution in [2.24, 2.45) is 5.14 Å². The number of anilines is 1. The van der Waals surface area contributed by atoms with E-state index in [4.69, 9.17) is 9.88 Å². The average Bonchev–Trinajstić information content (AvgIpc) is 2.92. The summed E-state index contributed by atoms with van der Waals surface area (Å²) in [6, 6.07) is 7.94. The Kier molecular flexibility index (Phi) is 5.28. The molecule has 0 atom stereocenters. The lowest BCUT2D eigenvalue weighted by Gasteiger charge is -2.22. The molecule has 6 nitrogen and oxygen atoms in total. The molecule has 23 heavy (non-hydrogen) atoms. The SMILES string of the molecule is CC(C)(C)c1ccccc1OCCNc1ncc(S(N)(=O)=O)s1. The van der Waals surface area contributed by atoms with E-state index in [2.05, 4.69) is 37.1 Å². The molecule has 2 aromatic rings. The van der Waals surface area contributed by atoms with Gasteiger partial charge in [0.2, 0.25) is 10.0 Å². The zero-order chi connectivity index (χ0) is 17.1. The largest absolute Gasteiger partial charge is 0.491 e. The van der Waals surface area contributed by atoms with E-state index in [9.17, 15) is 8.42 Å². The maximum atomic E-state index is 11.2. The molecular weight excluding hydrogens is 334 g/mol. The van der Waals surface area contributed by atoms with Crippen LogP contribution in [-0.4, -0.2) is 26.6 Å². The fraction of sp³-hybridized carbons (Fsp3) is 0.400. The minimum atomic E-state index is -3.69. The molecule has 0 aliphatic rings. The number of nitrogens with one attached hydrogen (secondary N) is 1. The van der Waals surface area contributed by atoms with E-state index < -0.39 is 10.0 Å². The molecule has 0 saturated heterocycles. The van der Waals surface area contributed by atoms with Crippen LogP contribution in [0, 0.1) is 0 Å². The van der Waals surface area contributed by atoms with Crippen molar-refractivity contribution in [3.05, 3.63) is 36.0 Å². The minimum absolute atomic E-state index is 0.00369. The molecule has 1 aromatic carbocycles. The summed E-state index contributed by atoms with van der Waals surface area (Å²) >= 11 is 1.00. The lowest BCUT2D eigenvalue weighted by Crippen LogP contribution is -2.16. The Bertz CT molecular complexity index is 764. The van der Waals surface area contributed by atoms with Crippen LogP contribution in [0.25, 0.3) is 0 Å². The lowest BCUT2D eigenvalue weighted by atomic mass is 9.86. The Labute approximate surface area is 140 Å². The third-order valence-corrected chi connectivity index (χ3v) is 5.46. The summed E-state index contributed by atoms with van der Waals surface area (Å²) in [5, 5.41) is 8.58. The molecule has 0 aliphatic heterocycles. The summed E-state index contributed by atoms with van der Waals surface area (Å²) in [7, 11) is -3.69. The van der Waals surface area contributed by atoms with Crippen LogP contribution >= 0.6 is 11.3 Å². The maximum absolute atomic E-state index is 11.2. The van der Waals surface area contributed by atoms with Crippen LogP contribution in [0.15, 0.2) is 34.7 Å². The molecule has 2 rings (SSSR count). The summed E-state index contributed by atoms with van der Waals surface area (Å²) in [6.45, 7) is 7.36. The summed E-state index contributed by atoms with van der Waals surface area (Å²) in [6.07, 6.45) is 1.25. The normalized spacial score (nSPS) is 12.2. The molecule has 0 saturated carbocycles. The highest BCUT2D eigenvalue weighted by molar-refractivity contribution is 7.91. The lowest BCUT2D eigenvalue weighted by molar-refractivity contribution is 0.323. The van der Waals surface area contributed by atoms with E-state index in [-0.39, 0.29) is 9.62 Å². The van der Waals surface area contributed by atoms with E-state index in [1.54, 1.807) is 0 Å². The van der Waals surface area contributed by atoms with Crippen molar-refractivity contribution in [2.45, 2.75) is 30.4 Å². The van der Waals surface area contributed by atoms with Crippen LogP contribution in [-0.2, 0) is 15.4 Å². The van der Waals surface area contributed by atoms with Gasteiger partial charge in [0.15, 0.2) is 9.34 Å². The van der Waals surface area contributed by atoms with Crippen LogP contribution in [0.3, 0.4) is 0 Å². The van der Waals surface area contributed by atoms with E-state index in [0.29, 0.717) is 18.3 Å². The minimum Gasteiger partial charge on any atom is -0.491 e. The van der Waals surface area contributed by atoms with Gasteiger partial charge in [0.1, 0.15) is 12.4 Å². The van der Waals surface area contributed by atoms with E-state index in [1.807, 2.05) is 18.2 Å². The summed E-state index contributed by atoms with van der Waals surface area (Å²) in [5.41, 5.74) is 1.15. The molecule has 0 fully saturated rings. The predicted octanol–water partition coefficient (Wildman–Crippen LogP) is 2.58. The maximum Gasteiger partial charge on any atom is 0.249 e. The van der Waals surface area contributed by atoms with Gasteiger partial charge in [-0.05, 0) is 17.0 Å². The fourth-order valence-corrected chi connectivity index (χ4v) is 3.48. The second kappa shape index (κ2) is 6.86. The summed E-state index contributed by atoms with van der Waals surface area (Å²) < 4.78 is 28.2. The second-order valence-electron chi connectivity index (χ2n) is 6.05. The highest BCUT2D eigenvalue weighted by Crippen LogP contribution is 2.30. The smallest absolute Gasteiger partial charge is 0.249 e. The molecule has 0 amide bonds. The van der Waals surface area contributed by atoms with Gasteiger partial charge in [-0.25, -0.2) is 18.5 Å². The number of aromatic nitrogens is 1. The number of primary sulfonamides is 1. The van der Waals surface area contributed by atoms with Gasteiger partial charge in [-0.3, -0.25) is 0 Å². The van der Waals surface area contributed by atoms with Crippen molar-refractivity contribution >= 4 is 26.5 Å². The number of thiazole rings is 1. The molecule has 0 bridgehead atoms. The number of ether oxygens (including phenoxy) is 1. The molecule has 0 unspecified atom stereocenters. The van der Waals surface area contributed by atoms with Crippen LogP contribution in [0.1, 0.15) is 26.3 Å². The van der Waals surface area contributed by atoms with Crippen molar-refractivity contribution < 1.29 is 13.2 Å². The van der Waals surface area contributed by atoms with Crippen LogP contribution in [0.4, 0.5) is 5.13 Å². The van der Waals surface area contributed by atoms with Crippen molar-refractivity contribution in [3.63, 3.8) is 0 Å². The Hall–Kier alpha value is -1.64. The van der Waals surface area contributed by atoms with E-state index in [0.717, 1.165) is 22.6 Å². The third kappa shape index (κ3) is 4.92. The zero-order valence-electron chi connectivity index (χ0n) is 13.4. The van der Waals surface area contributed by atoms with Gasteiger partial charge >= 0.3 is 0 Å². The number of rotatable bonds is 6. The molecule has 0 spiro atoms. The number of nitrogens with zero attached hydrogens (tertiary/aromatic N) is 1. The van der Waals surface area contributed by atoms with Gasteiger partial charge in [0.25, 0.3) is 0 Å². The number of sulfonamides is 1. The number of hydrogen-bond acceptors (Lipinski definition) is 6. The topological polar surface area (TPSA) is 94.3 Å². The zero-order valence-corrected chi connectivity index (χ0v) is 15.0. The number of benzene rings is 1. The van der Waals surface area contributed by atoms with Crippen molar-refractivity contribution in [1.82, 2.24) is 4.98 Å². The molecule has 0 radical (unpaired) electrons. The highest BCUT2D eigenvalue weighted by atomic mass is 32.2. The monoisotopic (exact) mass is 355 g/mol. The van der Waals surface area contributed by atoms with Crippen molar-refractivity contribution in [3.8, 4) is 5.75 Å². The molecular formula is C15H21N3O3S2. The third-order valence-electron chi connectivity index (χ3n) is 3.10. The van der Waals surface area contributed by atoms with Crippen LogP contribution in [0.2, 0.25) is 0 Å². The van der Waals surface area contributed by atoms with Crippen molar-refractivity contribution in [1.29, 1.82) is 0 Å². The van der Waals surface area contributed by atoms with Gasteiger partial charge in [-0.15, -0.1) is 0 Å². The first-order chi connectivity index (χ1) is 10.7. The predicted molar refractivity (Wildman–Crippen MR) is 92.6 cm³/mol. The number of nitrogens with two attached hydrogens (primary N) is 1. The van der Waals surface area contributed by atoms with E-state index >= 15 is 0 Å². The van der Waals surface area contributed by atoms with Gasteiger partial charge in [0.05, 0.1) is 12.7 Å². The fourth-order valence-electron chi connectivity index (χ4n) is 2.00. The van der Waals surface area contributed by atoms with Crippen LogP contribution in [0.5, 0.6) is 5.75 Å². The van der Waals surface area contributed by atoms with Gasteiger partial charge < -0.3 is 10.1 Å². The molecule has 8 heteroatoms. The standard InChI is InChI=1S/C15H21N3O3S2/c1-15(2,3)11-6-4-5-7-12(11)21-9-8-17-14-18-10-13(22-14)23(16,19)20/h4-7,10H,8-9H2,1-3H3,(H,17,18)(H2,16,19,20). The second-order valence-corrected chi connectivity index (χ2v) is 8.87. The number of hydrogen-bond donors (Lipinski definition) is 2. The average molecular weight is 355 g/mol. The molecule has 1 heterocycles. The first kappa shape index (κ1) is 17.7. The van der Waals surface area contributed by atoms with E-state index in [1.165, 1.54) is 6.20 Å². The van der Waals surface area contributed by atoms with Gasteiger partial charge in [-0.2, -0.15) is 0 Å². The number of para-hydroxylation sites is 1. The Morgan fingerprint density at radius 3 is 2.61 bits per heavy atom. The van der Waals surface area contributed by atoms with Crippen LogP contribution < -0.4 is 15.2 Å². The summed E-state index contributed by atoms with van der Waals surface area (Å²) in [5.74, 6) is 0.853. The highest BCUT2D eigenvalue weighted by Gasteiger charge is 2.18. The first-order valence-corrected chi connectivity index (χ1v) is 9.49. The Morgan fingerprint density at radius 1 is 1.30 bits per heavy atom. The van der Waals surface area contributed by atoms with Crippen molar-refractivity contribution in [2.75, 3.05) is 18.5 Å². The van der Waals surface area contributed by atoms with Gasteiger partial charge in [-0.1, -0.05) is 50.3 Å². The molecule has 0 aliphatic carbocycles. The molecule has 1 aromatic heterocycles.